The van der Waals surface area contributed by atoms with Crippen LogP contribution in [0.1, 0.15) is 11.3 Å². The Hall–Kier alpha value is -0.520. The molecule has 82 valence electrons. The molecular weight excluding hydrogens is 312 g/mol. The van der Waals surface area contributed by atoms with E-state index in [2.05, 4.69) is 25.9 Å². The smallest absolute Gasteiger partial charge is 0.197 e. The first-order chi connectivity index (χ1) is 7.74. The summed E-state index contributed by atoms with van der Waals surface area (Å²) in [6.45, 7) is 0. The third-order valence-electron chi connectivity index (χ3n) is 2.32. The first-order valence-electron chi connectivity index (χ1n) is 4.63. The predicted octanol–water partition coefficient (Wildman–Crippen LogP) is 3.90. The molecule has 0 aliphatic carbocycles. The normalized spacial score (nSPS) is 14.1. The maximum absolute atomic E-state index is 6.11. The van der Waals surface area contributed by atoms with Gasteiger partial charge < -0.3 is 4.42 Å². The van der Waals surface area contributed by atoms with Crippen LogP contribution in [0.2, 0.25) is 5.15 Å². The zero-order chi connectivity index (χ0) is 11.1. The number of furan rings is 1. The quantitative estimate of drug-likeness (QED) is 0.748. The van der Waals surface area contributed by atoms with Crippen LogP contribution in [0, 0.1) is 0 Å². The molecule has 0 bridgehead atoms. The maximum atomic E-state index is 6.11. The molecule has 3 rings (SSSR count). The van der Waals surface area contributed by atoms with Crippen molar-refractivity contribution < 1.29 is 4.42 Å². The van der Waals surface area contributed by atoms with Crippen molar-refractivity contribution in [1.29, 1.82) is 0 Å². The van der Waals surface area contributed by atoms with Crippen molar-refractivity contribution in [2.45, 2.75) is 11.5 Å². The van der Waals surface area contributed by atoms with Gasteiger partial charge in [-0.3, -0.25) is 0 Å². The third kappa shape index (κ3) is 1.77. The summed E-state index contributed by atoms with van der Waals surface area (Å²) in [5.41, 5.74) is 2.08. The second-order valence-corrected chi connectivity index (χ2v) is 5.49. The van der Waals surface area contributed by atoms with Crippen molar-refractivity contribution >= 4 is 39.3 Å². The minimum absolute atomic E-state index is 0.539. The van der Waals surface area contributed by atoms with Crippen LogP contribution in [0.15, 0.2) is 21.2 Å². The Labute approximate surface area is 110 Å². The van der Waals surface area contributed by atoms with Crippen LogP contribution in [0.25, 0.3) is 11.6 Å². The molecule has 0 saturated heterocycles. The lowest BCUT2D eigenvalue weighted by Gasteiger charge is -2.02. The highest BCUT2D eigenvalue weighted by molar-refractivity contribution is 9.10. The SMILES string of the molecule is Clc1nc(-c2ccc(Br)o2)nc2c1CSC2. The molecular formula is C10H6BrClN2OS. The molecule has 2 aromatic heterocycles. The second-order valence-electron chi connectivity index (χ2n) is 3.36. The second kappa shape index (κ2) is 4.05. The number of hydrogen-bond acceptors (Lipinski definition) is 4. The van der Waals surface area contributed by atoms with E-state index in [1.165, 1.54) is 0 Å². The number of rotatable bonds is 1. The molecule has 0 saturated carbocycles. The lowest BCUT2D eigenvalue weighted by Crippen LogP contribution is -1.96. The zero-order valence-corrected chi connectivity index (χ0v) is 11.2. The molecule has 6 heteroatoms. The summed E-state index contributed by atoms with van der Waals surface area (Å²) in [5, 5.41) is 0.539. The number of nitrogens with zero attached hydrogens (tertiary/aromatic N) is 2. The standard InChI is InChI=1S/C10H6BrClN2OS/c11-8-2-1-7(15-8)10-13-6-4-16-3-5(6)9(12)14-10/h1-2H,3-4H2. The zero-order valence-electron chi connectivity index (χ0n) is 8.04. The van der Waals surface area contributed by atoms with E-state index < -0.39 is 0 Å². The summed E-state index contributed by atoms with van der Waals surface area (Å²) in [6.07, 6.45) is 0. The Morgan fingerprint density at radius 3 is 2.94 bits per heavy atom. The lowest BCUT2D eigenvalue weighted by molar-refractivity contribution is 0.551. The van der Waals surface area contributed by atoms with Crippen molar-refractivity contribution in [2.24, 2.45) is 0 Å². The van der Waals surface area contributed by atoms with Crippen molar-refractivity contribution in [1.82, 2.24) is 9.97 Å². The Kier molecular flexibility index (Phi) is 2.69. The van der Waals surface area contributed by atoms with E-state index in [9.17, 15) is 0 Å². The molecule has 16 heavy (non-hydrogen) atoms. The van der Waals surface area contributed by atoms with E-state index in [0.717, 1.165) is 22.8 Å². The van der Waals surface area contributed by atoms with Gasteiger partial charge in [-0.05, 0) is 28.1 Å². The van der Waals surface area contributed by atoms with E-state index in [-0.39, 0.29) is 0 Å². The number of hydrogen-bond donors (Lipinski definition) is 0. The van der Waals surface area contributed by atoms with Crippen molar-refractivity contribution in [2.75, 3.05) is 0 Å². The molecule has 0 fully saturated rings. The molecule has 2 aromatic rings. The first-order valence-corrected chi connectivity index (χ1v) is 6.95. The molecule has 3 heterocycles. The predicted molar refractivity (Wildman–Crippen MR) is 67.4 cm³/mol. The van der Waals surface area contributed by atoms with Gasteiger partial charge in [0.25, 0.3) is 0 Å². The molecule has 0 amide bonds. The highest BCUT2D eigenvalue weighted by Crippen LogP contribution is 2.34. The number of thioether (sulfide) groups is 1. The fraction of sp³-hybridized carbons (Fsp3) is 0.200. The van der Waals surface area contributed by atoms with Crippen LogP contribution < -0.4 is 0 Å². The molecule has 0 atom stereocenters. The number of halogens is 2. The van der Waals surface area contributed by atoms with Crippen LogP contribution in [-0.2, 0) is 11.5 Å². The summed E-state index contributed by atoms with van der Waals surface area (Å²) < 4.78 is 6.07. The van der Waals surface area contributed by atoms with Gasteiger partial charge in [-0.15, -0.1) is 0 Å². The maximum Gasteiger partial charge on any atom is 0.197 e. The highest BCUT2D eigenvalue weighted by Gasteiger charge is 2.20. The van der Waals surface area contributed by atoms with Gasteiger partial charge in [-0.2, -0.15) is 11.8 Å². The van der Waals surface area contributed by atoms with Crippen molar-refractivity contribution in [3.63, 3.8) is 0 Å². The molecule has 0 N–H and O–H groups in total. The van der Waals surface area contributed by atoms with E-state index >= 15 is 0 Å². The average molecular weight is 318 g/mol. The van der Waals surface area contributed by atoms with Gasteiger partial charge in [-0.1, -0.05) is 11.6 Å². The minimum Gasteiger partial charge on any atom is -0.446 e. The molecule has 0 aromatic carbocycles. The van der Waals surface area contributed by atoms with Gasteiger partial charge in [0.15, 0.2) is 16.3 Å². The average Bonchev–Trinajstić information content (AvgIpc) is 2.85. The van der Waals surface area contributed by atoms with E-state index in [0.29, 0.717) is 21.4 Å². The summed E-state index contributed by atoms with van der Waals surface area (Å²) in [4.78, 5) is 8.72. The molecule has 0 radical (unpaired) electrons. The largest absolute Gasteiger partial charge is 0.446 e. The monoisotopic (exact) mass is 316 g/mol. The van der Waals surface area contributed by atoms with Crippen molar-refractivity contribution in [3.8, 4) is 11.6 Å². The fourth-order valence-corrected chi connectivity index (χ4v) is 3.24. The van der Waals surface area contributed by atoms with Crippen LogP contribution in [-0.4, -0.2) is 9.97 Å². The van der Waals surface area contributed by atoms with E-state index in [4.69, 9.17) is 16.0 Å². The van der Waals surface area contributed by atoms with Crippen LogP contribution in [0.4, 0.5) is 0 Å². The number of fused-ring (bicyclic) bond motifs is 1. The van der Waals surface area contributed by atoms with E-state index in [1.807, 2.05) is 12.1 Å². The third-order valence-corrected chi connectivity index (χ3v) is 4.03. The van der Waals surface area contributed by atoms with E-state index in [1.54, 1.807) is 11.8 Å². The minimum atomic E-state index is 0.539. The Morgan fingerprint density at radius 1 is 1.31 bits per heavy atom. The van der Waals surface area contributed by atoms with Crippen LogP contribution in [0.5, 0.6) is 0 Å². The summed E-state index contributed by atoms with van der Waals surface area (Å²) in [5.74, 6) is 2.98. The van der Waals surface area contributed by atoms with Crippen LogP contribution in [0.3, 0.4) is 0 Å². The van der Waals surface area contributed by atoms with Gasteiger partial charge in [0, 0.05) is 17.1 Å². The molecule has 3 nitrogen and oxygen atoms in total. The van der Waals surface area contributed by atoms with Crippen molar-refractivity contribution in [3.05, 3.63) is 33.2 Å². The Morgan fingerprint density at radius 2 is 2.19 bits per heavy atom. The van der Waals surface area contributed by atoms with Gasteiger partial charge >= 0.3 is 0 Å². The lowest BCUT2D eigenvalue weighted by atomic mass is 10.2. The molecule has 0 unspecified atom stereocenters. The molecule has 1 aliphatic rings. The van der Waals surface area contributed by atoms with Gasteiger partial charge in [0.2, 0.25) is 0 Å². The molecule has 1 aliphatic heterocycles. The van der Waals surface area contributed by atoms with Gasteiger partial charge in [-0.25, -0.2) is 9.97 Å². The Balaban J connectivity index is 2.12. The molecule has 0 spiro atoms. The first kappa shape index (κ1) is 10.6. The topological polar surface area (TPSA) is 38.9 Å². The summed E-state index contributed by atoms with van der Waals surface area (Å²) in [7, 11) is 0. The van der Waals surface area contributed by atoms with Gasteiger partial charge in [0.1, 0.15) is 5.15 Å². The number of aromatic nitrogens is 2. The summed E-state index contributed by atoms with van der Waals surface area (Å²) >= 11 is 11.2. The van der Waals surface area contributed by atoms with Crippen LogP contribution >= 0.6 is 39.3 Å². The van der Waals surface area contributed by atoms with Gasteiger partial charge in [0.05, 0.1) is 5.69 Å². The fourth-order valence-electron chi connectivity index (χ4n) is 1.56. The summed E-state index contributed by atoms with van der Waals surface area (Å²) in [6, 6.07) is 3.64. The Bertz CT molecular complexity index is 558. The highest BCUT2D eigenvalue weighted by atomic mass is 79.9.